The number of nitrogens with zero attached hydrogens (tertiary/aromatic N) is 1. The number of hydrogen-bond acceptors (Lipinski definition) is 3. The summed E-state index contributed by atoms with van der Waals surface area (Å²) in [6, 6.07) is 5.32. The van der Waals surface area contributed by atoms with Crippen LogP contribution in [0.5, 0.6) is 0 Å². The molecular weight excluding hydrogens is 237 g/mol. The first kappa shape index (κ1) is 12.0. The van der Waals surface area contributed by atoms with Gasteiger partial charge in [-0.15, -0.1) is 0 Å². The van der Waals surface area contributed by atoms with E-state index in [9.17, 15) is 14.0 Å². The molecule has 0 aliphatic heterocycles. The lowest BCUT2D eigenvalue weighted by Crippen LogP contribution is -2.22. The van der Waals surface area contributed by atoms with Crippen LogP contribution in [-0.4, -0.2) is 15.9 Å². The Balaban J connectivity index is 2.25. The summed E-state index contributed by atoms with van der Waals surface area (Å²) in [4.78, 5) is 29.6. The number of rotatable bonds is 2. The van der Waals surface area contributed by atoms with E-state index in [0.29, 0.717) is 5.69 Å². The molecular formula is C12H10FN3O2. The van der Waals surface area contributed by atoms with Crippen molar-refractivity contribution in [1.29, 1.82) is 0 Å². The molecule has 0 aliphatic carbocycles. The summed E-state index contributed by atoms with van der Waals surface area (Å²) in [6.45, 7) is 1.71. The molecule has 0 atom stereocenters. The standard InChI is InChI=1S/C12H10FN3O2/c1-7-5-9(17)8(6-14-7)12(18)16-11-4-2-3-10(13)15-11/h2-6H,1H3,(H,14,17)(H,15,16,18). The van der Waals surface area contributed by atoms with Gasteiger partial charge in [0.25, 0.3) is 5.91 Å². The molecule has 0 fully saturated rings. The number of nitrogens with one attached hydrogen (secondary N) is 2. The number of H-pyrrole nitrogens is 1. The van der Waals surface area contributed by atoms with Gasteiger partial charge in [-0.1, -0.05) is 6.07 Å². The van der Waals surface area contributed by atoms with Crippen LogP contribution in [0.4, 0.5) is 10.2 Å². The molecule has 0 aliphatic rings. The molecule has 0 spiro atoms. The molecule has 0 radical (unpaired) electrons. The molecule has 0 saturated carbocycles. The second-order valence-corrected chi connectivity index (χ2v) is 3.69. The van der Waals surface area contributed by atoms with Gasteiger partial charge in [0, 0.05) is 18.0 Å². The monoisotopic (exact) mass is 247 g/mol. The van der Waals surface area contributed by atoms with Crippen molar-refractivity contribution in [2.75, 3.05) is 5.32 Å². The quantitative estimate of drug-likeness (QED) is 0.789. The number of anilines is 1. The van der Waals surface area contributed by atoms with E-state index in [1.165, 1.54) is 24.4 Å². The lowest BCUT2D eigenvalue weighted by molar-refractivity contribution is 0.102. The Bertz CT molecular complexity index is 652. The highest BCUT2D eigenvalue weighted by atomic mass is 19.1. The molecule has 5 nitrogen and oxygen atoms in total. The van der Waals surface area contributed by atoms with E-state index in [2.05, 4.69) is 15.3 Å². The van der Waals surface area contributed by atoms with Gasteiger partial charge in [-0.3, -0.25) is 9.59 Å². The topological polar surface area (TPSA) is 74.8 Å². The molecule has 2 N–H and O–H groups in total. The number of carbonyl (C=O) groups excluding carboxylic acids is 1. The molecule has 2 heterocycles. The van der Waals surface area contributed by atoms with Crippen molar-refractivity contribution in [3.63, 3.8) is 0 Å². The van der Waals surface area contributed by atoms with Crippen molar-refractivity contribution in [1.82, 2.24) is 9.97 Å². The second-order valence-electron chi connectivity index (χ2n) is 3.69. The average molecular weight is 247 g/mol. The molecule has 2 rings (SSSR count). The van der Waals surface area contributed by atoms with E-state index in [0.717, 1.165) is 6.07 Å². The molecule has 0 bridgehead atoms. The van der Waals surface area contributed by atoms with Crippen LogP contribution in [0.25, 0.3) is 0 Å². The Morgan fingerprint density at radius 1 is 1.44 bits per heavy atom. The maximum atomic E-state index is 12.8. The van der Waals surface area contributed by atoms with Gasteiger partial charge in [-0.05, 0) is 19.1 Å². The fourth-order valence-electron chi connectivity index (χ4n) is 1.41. The zero-order chi connectivity index (χ0) is 13.1. The molecule has 18 heavy (non-hydrogen) atoms. The highest BCUT2D eigenvalue weighted by Gasteiger charge is 2.11. The van der Waals surface area contributed by atoms with Crippen LogP contribution in [0.2, 0.25) is 0 Å². The molecule has 2 aromatic rings. The van der Waals surface area contributed by atoms with E-state index in [4.69, 9.17) is 0 Å². The van der Waals surface area contributed by atoms with E-state index in [-0.39, 0.29) is 11.4 Å². The van der Waals surface area contributed by atoms with Crippen LogP contribution >= 0.6 is 0 Å². The smallest absolute Gasteiger partial charge is 0.262 e. The minimum Gasteiger partial charge on any atom is -0.364 e. The third kappa shape index (κ3) is 2.60. The van der Waals surface area contributed by atoms with Gasteiger partial charge in [0.2, 0.25) is 5.95 Å². The van der Waals surface area contributed by atoms with Gasteiger partial charge in [-0.2, -0.15) is 4.39 Å². The Morgan fingerprint density at radius 2 is 2.22 bits per heavy atom. The van der Waals surface area contributed by atoms with Gasteiger partial charge < -0.3 is 10.3 Å². The van der Waals surface area contributed by atoms with E-state index >= 15 is 0 Å². The first-order valence-corrected chi connectivity index (χ1v) is 5.19. The van der Waals surface area contributed by atoms with Crippen molar-refractivity contribution < 1.29 is 9.18 Å². The zero-order valence-corrected chi connectivity index (χ0v) is 9.53. The molecule has 2 aromatic heterocycles. The highest BCUT2D eigenvalue weighted by Crippen LogP contribution is 2.05. The summed E-state index contributed by atoms with van der Waals surface area (Å²) >= 11 is 0. The first-order chi connectivity index (χ1) is 8.56. The van der Waals surface area contributed by atoms with Crippen molar-refractivity contribution in [2.24, 2.45) is 0 Å². The van der Waals surface area contributed by atoms with Gasteiger partial charge in [0.1, 0.15) is 11.4 Å². The molecule has 6 heteroatoms. The third-order valence-electron chi connectivity index (χ3n) is 2.26. The Hall–Kier alpha value is -2.50. The van der Waals surface area contributed by atoms with Gasteiger partial charge in [0.15, 0.2) is 5.43 Å². The predicted octanol–water partition coefficient (Wildman–Crippen LogP) is 1.47. The Morgan fingerprint density at radius 3 is 2.89 bits per heavy atom. The largest absolute Gasteiger partial charge is 0.364 e. The van der Waals surface area contributed by atoms with Gasteiger partial charge in [0.05, 0.1) is 0 Å². The lowest BCUT2D eigenvalue weighted by Gasteiger charge is -2.03. The minimum atomic E-state index is -0.703. The van der Waals surface area contributed by atoms with Crippen LogP contribution in [0.1, 0.15) is 16.1 Å². The normalized spacial score (nSPS) is 10.1. The van der Waals surface area contributed by atoms with Crippen molar-refractivity contribution >= 4 is 11.7 Å². The molecule has 1 amide bonds. The lowest BCUT2D eigenvalue weighted by atomic mass is 10.2. The zero-order valence-electron chi connectivity index (χ0n) is 9.53. The summed E-state index contributed by atoms with van der Waals surface area (Å²) < 4.78 is 12.8. The van der Waals surface area contributed by atoms with Crippen LogP contribution in [-0.2, 0) is 0 Å². The summed E-state index contributed by atoms with van der Waals surface area (Å²) in [5, 5.41) is 2.35. The van der Waals surface area contributed by atoms with E-state index in [1.54, 1.807) is 6.92 Å². The number of hydrogen-bond donors (Lipinski definition) is 2. The minimum absolute atomic E-state index is 0.0494. The van der Waals surface area contributed by atoms with E-state index in [1.807, 2.05) is 0 Å². The van der Waals surface area contributed by atoms with Crippen LogP contribution in [0, 0.1) is 12.9 Å². The SMILES string of the molecule is Cc1cc(=O)c(C(=O)Nc2cccc(F)n2)c[nH]1. The Kier molecular flexibility index (Phi) is 3.18. The predicted molar refractivity (Wildman–Crippen MR) is 63.9 cm³/mol. The fourth-order valence-corrected chi connectivity index (χ4v) is 1.41. The number of amides is 1. The first-order valence-electron chi connectivity index (χ1n) is 5.19. The van der Waals surface area contributed by atoms with Gasteiger partial charge >= 0.3 is 0 Å². The fraction of sp³-hybridized carbons (Fsp3) is 0.0833. The van der Waals surface area contributed by atoms with E-state index < -0.39 is 17.3 Å². The number of pyridine rings is 2. The molecule has 92 valence electrons. The number of aryl methyl sites for hydroxylation is 1. The summed E-state index contributed by atoms with van der Waals surface area (Å²) in [5.74, 6) is -1.28. The van der Waals surface area contributed by atoms with Crippen LogP contribution in [0.15, 0.2) is 35.3 Å². The number of aromatic amines is 1. The number of halogens is 1. The molecule has 0 saturated heterocycles. The highest BCUT2D eigenvalue weighted by molar-refractivity contribution is 6.03. The molecule has 0 aromatic carbocycles. The molecule has 0 unspecified atom stereocenters. The third-order valence-corrected chi connectivity index (χ3v) is 2.26. The average Bonchev–Trinajstić information content (AvgIpc) is 2.28. The maximum Gasteiger partial charge on any atom is 0.262 e. The van der Waals surface area contributed by atoms with Crippen molar-refractivity contribution in [3.8, 4) is 0 Å². The van der Waals surface area contributed by atoms with Crippen LogP contribution in [0.3, 0.4) is 0 Å². The van der Waals surface area contributed by atoms with Crippen molar-refractivity contribution in [2.45, 2.75) is 6.92 Å². The second kappa shape index (κ2) is 4.79. The summed E-state index contributed by atoms with van der Waals surface area (Å²) in [7, 11) is 0. The summed E-state index contributed by atoms with van der Waals surface area (Å²) in [5.41, 5.74) is 0.201. The number of carbonyl (C=O) groups is 1. The maximum absolute atomic E-state index is 12.8. The summed E-state index contributed by atoms with van der Waals surface area (Å²) in [6.07, 6.45) is 1.31. The van der Waals surface area contributed by atoms with Crippen molar-refractivity contribution in [3.05, 3.63) is 57.9 Å². The Labute approximate surface area is 102 Å². The van der Waals surface area contributed by atoms with Crippen LogP contribution < -0.4 is 10.7 Å². The van der Waals surface area contributed by atoms with Gasteiger partial charge in [-0.25, -0.2) is 4.98 Å². The number of aromatic nitrogens is 2.